The van der Waals surface area contributed by atoms with E-state index >= 15 is 0 Å². The molecular weight excluding hydrogens is 312 g/mol. The highest BCUT2D eigenvalue weighted by molar-refractivity contribution is 7.89. The van der Waals surface area contributed by atoms with Gasteiger partial charge in [-0.3, -0.25) is 4.98 Å². The van der Waals surface area contributed by atoms with Crippen LogP contribution in [-0.2, 0) is 10.0 Å². The quantitative estimate of drug-likeness (QED) is 0.780. The summed E-state index contributed by atoms with van der Waals surface area (Å²) >= 11 is 0. The van der Waals surface area contributed by atoms with Crippen LogP contribution in [-0.4, -0.2) is 23.2 Å². The molecule has 0 aliphatic rings. The van der Waals surface area contributed by atoms with Gasteiger partial charge in [0.1, 0.15) is 4.90 Å². The molecule has 0 bridgehead atoms. The van der Waals surface area contributed by atoms with Gasteiger partial charge in [0.25, 0.3) is 0 Å². The molecule has 2 heterocycles. The fourth-order valence-electron chi connectivity index (χ4n) is 2.17. The summed E-state index contributed by atoms with van der Waals surface area (Å²) in [6.45, 7) is 1.77. The van der Waals surface area contributed by atoms with Crippen molar-refractivity contribution in [2.24, 2.45) is 0 Å². The predicted molar refractivity (Wildman–Crippen MR) is 86.5 cm³/mol. The van der Waals surface area contributed by atoms with E-state index in [0.717, 1.165) is 11.3 Å². The smallest absolute Gasteiger partial charge is 0.244 e. The van der Waals surface area contributed by atoms with Crippen LogP contribution in [0.2, 0.25) is 0 Å². The average molecular weight is 328 g/mol. The molecule has 1 N–H and O–H groups in total. The number of nitrogens with zero attached hydrogens (tertiary/aromatic N) is 3. The average Bonchev–Trinajstić information content (AvgIpc) is 3.07. The Bertz CT molecular complexity index is 877. The first kappa shape index (κ1) is 15.4. The normalized spacial score (nSPS) is 12.9. The monoisotopic (exact) mass is 328 g/mol. The first-order valence-corrected chi connectivity index (χ1v) is 8.57. The van der Waals surface area contributed by atoms with E-state index in [0.29, 0.717) is 0 Å². The third-order valence-electron chi connectivity index (χ3n) is 3.41. The summed E-state index contributed by atoms with van der Waals surface area (Å²) in [7, 11) is -3.66. The minimum Gasteiger partial charge on any atom is -0.264 e. The molecule has 118 valence electrons. The van der Waals surface area contributed by atoms with Gasteiger partial charge < -0.3 is 0 Å². The zero-order valence-corrected chi connectivity index (χ0v) is 13.3. The summed E-state index contributed by atoms with van der Waals surface area (Å²) in [4.78, 5) is 4.12. The Morgan fingerprint density at radius 2 is 1.87 bits per heavy atom. The summed E-state index contributed by atoms with van der Waals surface area (Å²) in [6, 6.07) is 12.6. The lowest BCUT2D eigenvalue weighted by atomic mass is 10.2. The number of hydrogen-bond acceptors (Lipinski definition) is 4. The molecule has 0 saturated carbocycles. The number of rotatable bonds is 5. The van der Waals surface area contributed by atoms with Crippen LogP contribution in [0.3, 0.4) is 0 Å². The Kier molecular flexibility index (Phi) is 4.22. The van der Waals surface area contributed by atoms with Gasteiger partial charge >= 0.3 is 0 Å². The van der Waals surface area contributed by atoms with Crippen LogP contribution in [0.4, 0.5) is 0 Å². The molecule has 2 aromatic heterocycles. The first-order valence-electron chi connectivity index (χ1n) is 7.08. The summed E-state index contributed by atoms with van der Waals surface area (Å²) in [5, 5.41) is 4.12. The number of nitrogens with one attached hydrogen (secondary N) is 1. The van der Waals surface area contributed by atoms with Gasteiger partial charge in [-0.15, -0.1) is 0 Å². The predicted octanol–water partition coefficient (Wildman–Crippen LogP) is 2.31. The van der Waals surface area contributed by atoms with Gasteiger partial charge in [0.2, 0.25) is 10.0 Å². The van der Waals surface area contributed by atoms with Gasteiger partial charge in [-0.25, -0.2) is 17.8 Å². The zero-order chi connectivity index (χ0) is 16.3. The highest BCUT2D eigenvalue weighted by atomic mass is 32.2. The largest absolute Gasteiger partial charge is 0.264 e. The lowest BCUT2D eigenvalue weighted by molar-refractivity contribution is 0.566. The van der Waals surface area contributed by atoms with E-state index < -0.39 is 10.0 Å². The van der Waals surface area contributed by atoms with Gasteiger partial charge in [-0.2, -0.15) is 5.10 Å². The van der Waals surface area contributed by atoms with Gasteiger partial charge in [-0.05, 0) is 30.7 Å². The van der Waals surface area contributed by atoms with Crippen molar-refractivity contribution < 1.29 is 8.42 Å². The van der Waals surface area contributed by atoms with Crippen molar-refractivity contribution in [2.45, 2.75) is 17.9 Å². The van der Waals surface area contributed by atoms with Crippen molar-refractivity contribution >= 4 is 10.0 Å². The van der Waals surface area contributed by atoms with Gasteiger partial charge in [0.15, 0.2) is 0 Å². The Balaban J connectivity index is 1.82. The highest BCUT2D eigenvalue weighted by Crippen LogP contribution is 2.17. The van der Waals surface area contributed by atoms with E-state index in [1.165, 1.54) is 17.1 Å². The van der Waals surface area contributed by atoms with Gasteiger partial charge in [0, 0.05) is 18.4 Å². The third kappa shape index (κ3) is 3.46. The molecule has 1 atom stereocenters. The number of hydrogen-bond donors (Lipinski definition) is 1. The maximum atomic E-state index is 12.5. The second kappa shape index (κ2) is 6.31. The molecule has 0 spiro atoms. The standard InChI is InChI=1S/C16H16N4O2S/c1-13(14-6-5-9-17-10-14)19-23(21,22)16-11-18-20(12-16)15-7-3-2-4-8-15/h2-13,19H,1H3/t13-/m0/s1. The Morgan fingerprint density at radius 1 is 1.09 bits per heavy atom. The molecule has 1 aromatic carbocycles. The number of aromatic nitrogens is 3. The molecule has 0 radical (unpaired) electrons. The minimum atomic E-state index is -3.66. The van der Waals surface area contributed by atoms with Crippen molar-refractivity contribution in [2.75, 3.05) is 0 Å². The molecule has 0 unspecified atom stereocenters. The molecular formula is C16H16N4O2S. The van der Waals surface area contributed by atoms with E-state index in [4.69, 9.17) is 0 Å². The van der Waals surface area contributed by atoms with Crippen LogP contribution in [0.15, 0.2) is 72.1 Å². The van der Waals surface area contributed by atoms with Crippen LogP contribution >= 0.6 is 0 Å². The van der Waals surface area contributed by atoms with Crippen LogP contribution < -0.4 is 4.72 Å². The van der Waals surface area contributed by atoms with E-state index in [-0.39, 0.29) is 10.9 Å². The molecule has 0 aliphatic carbocycles. The SMILES string of the molecule is C[C@H](NS(=O)(=O)c1cnn(-c2ccccc2)c1)c1cccnc1. The zero-order valence-electron chi connectivity index (χ0n) is 12.5. The number of pyridine rings is 1. The van der Waals surface area contributed by atoms with E-state index in [2.05, 4.69) is 14.8 Å². The number of benzene rings is 1. The second-order valence-corrected chi connectivity index (χ2v) is 6.80. The summed E-state index contributed by atoms with van der Waals surface area (Å²) in [5.41, 5.74) is 1.60. The lowest BCUT2D eigenvalue weighted by Crippen LogP contribution is -2.26. The van der Waals surface area contributed by atoms with Gasteiger partial charge in [0.05, 0.1) is 18.1 Å². The summed E-state index contributed by atoms with van der Waals surface area (Å²) < 4.78 is 29.1. The fraction of sp³-hybridized carbons (Fsp3) is 0.125. The fourth-order valence-corrected chi connectivity index (χ4v) is 3.33. The molecule has 7 heteroatoms. The Morgan fingerprint density at radius 3 is 2.57 bits per heavy atom. The van der Waals surface area contributed by atoms with Crippen molar-refractivity contribution in [1.82, 2.24) is 19.5 Å². The van der Waals surface area contributed by atoms with Crippen LogP contribution in [0.25, 0.3) is 5.69 Å². The van der Waals surface area contributed by atoms with E-state index in [1.807, 2.05) is 36.4 Å². The third-order valence-corrected chi connectivity index (χ3v) is 4.90. The molecule has 3 rings (SSSR count). The maximum absolute atomic E-state index is 12.5. The second-order valence-electron chi connectivity index (χ2n) is 5.09. The minimum absolute atomic E-state index is 0.122. The molecule has 0 amide bonds. The van der Waals surface area contributed by atoms with Crippen LogP contribution in [0, 0.1) is 0 Å². The van der Waals surface area contributed by atoms with E-state index in [9.17, 15) is 8.42 Å². The topological polar surface area (TPSA) is 76.9 Å². The molecule has 3 aromatic rings. The lowest BCUT2D eigenvalue weighted by Gasteiger charge is -2.13. The molecule has 23 heavy (non-hydrogen) atoms. The number of para-hydroxylation sites is 1. The molecule has 0 fully saturated rings. The Hall–Kier alpha value is -2.51. The first-order chi connectivity index (χ1) is 11.1. The summed E-state index contributed by atoms with van der Waals surface area (Å²) in [6.07, 6.45) is 6.12. The van der Waals surface area contributed by atoms with Crippen LogP contribution in [0.5, 0.6) is 0 Å². The van der Waals surface area contributed by atoms with Crippen LogP contribution in [0.1, 0.15) is 18.5 Å². The highest BCUT2D eigenvalue weighted by Gasteiger charge is 2.20. The maximum Gasteiger partial charge on any atom is 0.244 e. The van der Waals surface area contributed by atoms with Crippen molar-refractivity contribution in [3.63, 3.8) is 0 Å². The van der Waals surface area contributed by atoms with Gasteiger partial charge in [-0.1, -0.05) is 24.3 Å². The van der Waals surface area contributed by atoms with Crippen molar-refractivity contribution in [3.8, 4) is 5.69 Å². The molecule has 6 nitrogen and oxygen atoms in total. The summed E-state index contributed by atoms with van der Waals surface area (Å²) in [5.74, 6) is 0. The van der Waals surface area contributed by atoms with E-state index in [1.54, 1.807) is 25.4 Å². The molecule has 0 saturated heterocycles. The number of sulfonamides is 1. The molecule has 0 aliphatic heterocycles. The van der Waals surface area contributed by atoms with Crippen molar-refractivity contribution in [1.29, 1.82) is 0 Å². The van der Waals surface area contributed by atoms with Crippen molar-refractivity contribution in [3.05, 3.63) is 72.8 Å². The Labute approximate surface area is 134 Å².